The minimum absolute atomic E-state index is 0.265. The summed E-state index contributed by atoms with van der Waals surface area (Å²) in [6.07, 6.45) is 1.04. The van der Waals surface area contributed by atoms with Crippen LogP contribution in [0.25, 0.3) is 0 Å². The molecule has 1 aromatic heterocycles. The summed E-state index contributed by atoms with van der Waals surface area (Å²) in [4.78, 5) is 1.33. The maximum atomic E-state index is 11.3. The van der Waals surface area contributed by atoms with Crippen molar-refractivity contribution in [3.05, 3.63) is 50.6 Å². The van der Waals surface area contributed by atoms with Crippen LogP contribution in [0.2, 0.25) is 0 Å². The van der Waals surface area contributed by atoms with Gasteiger partial charge in [0, 0.05) is 22.0 Å². The van der Waals surface area contributed by atoms with Crippen LogP contribution >= 0.6 is 27.3 Å². The molecule has 19 heavy (non-hydrogen) atoms. The van der Waals surface area contributed by atoms with Gasteiger partial charge in [-0.3, -0.25) is 0 Å². The third-order valence-corrected chi connectivity index (χ3v) is 5.84. The fourth-order valence-electron chi connectivity index (χ4n) is 1.70. The lowest BCUT2D eigenvalue weighted by atomic mass is 10.1. The number of sulfone groups is 1. The van der Waals surface area contributed by atoms with Gasteiger partial charge in [-0.05, 0) is 45.1 Å². The first-order valence-electron chi connectivity index (χ1n) is 5.58. The largest absolute Gasteiger partial charge is 0.388 e. The van der Waals surface area contributed by atoms with Crippen LogP contribution in [0.1, 0.15) is 16.5 Å². The van der Waals surface area contributed by atoms with E-state index in [1.54, 1.807) is 23.5 Å². The summed E-state index contributed by atoms with van der Waals surface area (Å²) >= 11 is 5.00. The van der Waals surface area contributed by atoms with Gasteiger partial charge in [0.15, 0.2) is 9.84 Å². The fraction of sp³-hybridized carbons (Fsp3) is 0.231. The topological polar surface area (TPSA) is 54.4 Å². The predicted molar refractivity (Wildman–Crippen MR) is 80.2 cm³/mol. The second-order valence-electron chi connectivity index (χ2n) is 4.25. The standard InChI is InChI=1S/C13H13BrO3S2/c1-19(16,17)10-4-2-9(3-5-10)12(15)8-13-11(14)6-7-18-13/h2-7,12,15H,8H2,1H3. The van der Waals surface area contributed by atoms with Crippen LogP contribution in [0.15, 0.2) is 45.1 Å². The van der Waals surface area contributed by atoms with Crippen molar-refractivity contribution in [2.45, 2.75) is 17.4 Å². The second-order valence-corrected chi connectivity index (χ2v) is 8.12. The van der Waals surface area contributed by atoms with Crippen LogP contribution in [-0.4, -0.2) is 19.8 Å². The van der Waals surface area contributed by atoms with E-state index in [1.165, 1.54) is 18.4 Å². The number of halogens is 1. The molecule has 2 rings (SSSR count). The maximum absolute atomic E-state index is 11.3. The zero-order chi connectivity index (χ0) is 14.0. The van der Waals surface area contributed by atoms with Gasteiger partial charge >= 0.3 is 0 Å². The quantitative estimate of drug-likeness (QED) is 0.910. The Morgan fingerprint density at radius 3 is 2.37 bits per heavy atom. The molecule has 2 aromatic rings. The third-order valence-electron chi connectivity index (χ3n) is 2.76. The Labute approximate surface area is 125 Å². The molecular formula is C13H13BrO3S2. The van der Waals surface area contributed by atoms with E-state index in [0.717, 1.165) is 9.35 Å². The minimum atomic E-state index is -3.19. The lowest BCUT2D eigenvalue weighted by molar-refractivity contribution is 0.179. The van der Waals surface area contributed by atoms with E-state index < -0.39 is 15.9 Å². The summed E-state index contributed by atoms with van der Waals surface area (Å²) in [5.41, 5.74) is 0.715. The summed E-state index contributed by atoms with van der Waals surface area (Å²) in [5.74, 6) is 0. The van der Waals surface area contributed by atoms with Gasteiger partial charge in [0.05, 0.1) is 11.0 Å². The molecule has 1 unspecified atom stereocenters. The lowest BCUT2D eigenvalue weighted by Gasteiger charge is -2.10. The highest BCUT2D eigenvalue weighted by Gasteiger charge is 2.13. The Balaban J connectivity index is 2.16. The molecule has 1 heterocycles. The number of rotatable bonds is 4. The normalized spacial score (nSPS) is 13.4. The van der Waals surface area contributed by atoms with Gasteiger partial charge in [0.25, 0.3) is 0 Å². The van der Waals surface area contributed by atoms with E-state index in [2.05, 4.69) is 15.9 Å². The highest BCUT2D eigenvalue weighted by Crippen LogP contribution is 2.28. The van der Waals surface area contributed by atoms with Gasteiger partial charge in [-0.15, -0.1) is 11.3 Å². The van der Waals surface area contributed by atoms with Gasteiger partial charge < -0.3 is 5.11 Å². The smallest absolute Gasteiger partial charge is 0.175 e. The van der Waals surface area contributed by atoms with Gasteiger partial charge in [-0.25, -0.2) is 8.42 Å². The van der Waals surface area contributed by atoms with Crippen LogP contribution in [0.5, 0.6) is 0 Å². The van der Waals surface area contributed by atoms with Gasteiger partial charge in [-0.1, -0.05) is 12.1 Å². The summed E-state index contributed by atoms with van der Waals surface area (Å²) in [6, 6.07) is 8.30. The van der Waals surface area contributed by atoms with Crippen molar-refractivity contribution in [3.63, 3.8) is 0 Å². The fourth-order valence-corrected chi connectivity index (χ4v) is 3.88. The third kappa shape index (κ3) is 3.66. The average Bonchev–Trinajstić information content (AvgIpc) is 2.74. The molecule has 0 spiro atoms. The summed E-state index contributed by atoms with van der Waals surface area (Å²) in [5, 5.41) is 12.1. The van der Waals surface area contributed by atoms with Crippen LogP contribution in [0.4, 0.5) is 0 Å². The van der Waals surface area contributed by atoms with Gasteiger partial charge in [-0.2, -0.15) is 0 Å². The van der Waals surface area contributed by atoms with Gasteiger partial charge in [0.2, 0.25) is 0 Å². The molecule has 1 N–H and O–H groups in total. The summed E-state index contributed by atoms with van der Waals surface area (Å²) < 4.78 is 23.7. The highest BCUT2D eigenvalue weighted by molar-refractivity contribution is 9.10. The molecule has 0 aliphatic heterocycles. The van der Waals surface area contributed by atoms with Crippen LogP contribution in [0.3, 0.4) is 0 Å². The lowest BCUT2D eigenvalue weighted by Crippen LogP contribution is -2.02. The monoisotopic (exact) mass is 360 g/mol. The molecule has 0 saturated carbocycles. The van der Waals surface area contributed by atoms with E-state index in [1.807, 2.05) is 11.4 Å². The molecule has 0 saturated heterocycles. The molecule has 6 heteroatoms. The Morgan fingerprint density at radius 2 is 1.89 bits per heavy atom. The minimum Gasteiger partial charge on any atom is -0.388 e. The summed E-state index contributed by atoms with van der Waals surface area (Å²) in [6.45, 7) is 0. The van der Waals surface area contributed by atoms with Crippen LogP contribution in [0, 0.1) is 0 Å². The Morgan fingerprint density at radius 1 is 1.26 bits per heavy atom. The molecule has 0 radical (unpaired) electrons. The first-order chi connectivity index (χ1) is 8.88. The zero-order valence-corrected chi connectivity index (χ0v) is 13.4. The number of hydrogen-bond donors (Lipinski definition) is 1. The Hall–Kier alpha value is -0.690. The van der Waals surface area contributed by atoms with Crippen molar-refractivity contribution >= 4 is 37.1 Å². The van der Waals surface area contributed by atoms with Crippen molar-refractivity contribution in [1.29, 1.82) is 0 Å². The first kappa shape index (κ1) is 14.7. The first-order valence-corrected chi connectivity index (χ1v) is 9.14. The number of benzene rings is 1. The molecule has 0 bridgehead atoms. The molecule has 1 aromatic carbocycles. The molecule has 0 aliphatic rings. The predicted octanol–water partition coefficient (Wildman–Crippen LogP) is 3.19. The van der Waals surface area contributed by atoms with E-state index in [0.29, 0.717) is 12.0 Å². The van der Waals surface area contributed by atoms with Crippen molar-refractivity contribution in [2.24, 2.45) is 0 Å². The number of aliphatic hydroxyl groups is 1. The van der Waals surface area contributed by atoms with E-state index in [4.69, 9.17) is 0 Å². The van der Waals surface area contributed by atoms with Crippen molar-refractivity contribution in [3.8, 4) is 0 Å². The molecular weight excluding hydrogens is 348 g/mol. The Bertz CT molecular complexity index is 659. The number of aliphatic hydroxyl groups excluding tert-OH is 1. The SMILES string of the molecule is CS(=O)(=O)c1ccc(C(O)Cc2sccc2Br)cc1. The van der Waals surface area contributed by atoms with E-state index in [-0.39, 0.29) is 4.90 Å². The maximum Gasteiger partial charge on any atom is 0.175 e. The van der Waals surface area contributed by atoms with Crippen molar-refractivity contribution in [2.75, 3.05) is 6.26 Å². The van der Waals surface area contributed by atoms with Crippen molar-refractivity contribution in [1.82, 2.24) is 0 Å². The number of hydrogen-bond acceptors (Lipinski definition) is 4. The van der Waals surface area contributed by atoms with E-state index >= 15 is 0 Å². The molecule has 1 atom stereocenters. The number of thiophene rings is 1. The molecule has 3 nitrogen and oxygen atoms in total. The average molecular weight is 361 g/mol. The van der Waals surface area contributed by atoms with Gasteiger partial charge in [0.1, 0.15) is 0 Å². The Kier molecular flexibility index (Phi) is 4.45. The molecule has 0 aliphatic carbocycles. The van der Waals surface area contributed by atoms with E-state index in [9.17, 15) is 13.5 Å². The highest BCUT2D eigenvalue weighted by atomic mass is 79.9. The molecule has 102 valence electrons. The molecule has 0 amide bonds. The van der Waals surface area contributed by atoms with Crippen LogP contribution in [-0.2, 0) is 16.3 Å². The van der Waals surface area contributed by atoms with Crippen molar-refractivity contribution < 1.29 is 13.5 Å². The molecule has 0 fully saturated rings. The zero-order valence-electron chi connectivity index (χ0n) is 10.2. The summed E-state index contributed by atoms with van der Waals surface area (Å²) in [7, 11) is -3.19. The second kappa shape index (κ2) is 5.75. The van der Waals surface area contributed by atoms with Crippen LogP contribution < -0.4 is 0 Å².